The third kappa shape index (κ3) is 5.17. The van der Waals surface area contributed by atoms with Crippen molar-refractivity contribution in [2.75, 3.05) is 13.2 Å². The van der Waals surface area contributed by atoms with Gasteiger partial charge in [-0.05, 0) is 49.7 Å². The summed E-state index contributed by atoms with van der Waals surface area (Å²) in [5.41, 5.74) is 1.41. The van der Waals surface area contributed by atoms with Crippen LogP contribution in [-0.2, 0) is 6.61 Å². The molecule has 4 nitrogen and oxygen atoms in total. The minimum absolute atomic E-state index is 0.0936. The van der Waals surface area contributed by atoms with Crippen molar-refractivity contribution in [1.29, 1.82) is 0 Å². The van der Waals surface area contributed by atoms with Gasteiger partial charge in [-0.2, -0.15) is 0 Å². The molecule has 2 aromatic carbocycles. The number of benzene rings is 2. The molecule has 0 bridgehead atoms. The molecule has 2 aromatic rings. The quantitative estimate of drug-likeness (QED) is 0.767. The molecule has 0 saturated carbocycles. The fourth-order valence-electron chi connectivity index (χ4n) is 2.19. The Morgan fingerprint density at radius 3 is 2.67 bits per heavy atom. The fourth-order valence-corrected chi connectivity index (χ4v) is 2.37. The molecular formula is C19H22ClNO3. The van der Waals surface area contributed by atoms with Crippen LogP contribution in [-0.4, -0.2) is 19.1 Å². The summed E-state index contributed by atoms with van der Waals surface area (Å²) >= 11 is 5.97. The minimum Gasteiger partial charge on any atom is -0.493 e. The maximum absolute atomic E-state index is 12.1. The molecule has 0 spiro atoms. The predicted molar refractivity (Wildman–Crippen MR) is 96.0 cm³/mol. The highest BCUT2D eigenvalue weighted by Gasteiger charge is 2.11. The van der Waals surface area contributed by atoms with Crippen LogP contribution in [0.15, 0.2) is 42.5 Å². The lowest BCUT2D eigenvalue weighted by Crippen LogP contribution is -2.24. The molecule has 2 rings (SSSR count). The van der Waals surface area contributed by atoms with Crippen molar-refractivity contribution >= 4 is 17.5 Å². The number of carbonyl (C=O) groups excluding carboxylic acids is 1. The first-order valence-corrected chi connectivity index (χ1v) is 8.44. The van der Waals surface area contributed by atoms with Crippen LogP contribution in [0, 0.1) is 0 Å². The molecule has 0 fully saturated rings. The Morgan fingerprint density at radius 1 is 1.12 bits per heavy atom. The van der Waals surface area contributed by atoms with Gasteiger partial charge in [0.05, 0.1) is 6.61 Å². The van der Waals surface area contributed by atoms with Gasteiger partial charge < -0.3 is 14.8 Å². The topological polar surface area (TPSA) is 47.6 Å². The zero-order valence-corrected chi connectivity index (χ0v) is 14.7. The van der Waals surface area contributed by atoms with Gasteiger partial charge in [0.15, 0.2) is 0 Å². The van der Waals surface area contributed by atoms with Crippen molar-refractivity contribution in [3.63, 3.8) is 0 Å². The molecule has 0 aliphatic heterocycles. The second-order valence-corrected chi connectivity index (χ2v) is 5.69. The van der Waals surface area contributed by atoms with Gasteiger partial charge in [0, 0.05) is 22.7 Å². The van der Waals surface area contributed by atoms with Crippen LogP contribution in [0.25, 0.3) is 0 Å². The van der Waals surface area contributed by atoms with Gasteiger partial charge in [0.2, 0.25) is 0 Å². The van der Waals surface area contributed by atoms with Gasteiger partial charge in [-0.1, -0.05) is 24.6 Å². The first-order chi connectivity index (χ1) is 11.6. The van der Waals surface area contributed by atoms with Gasteiger partial charge >= 0.3 is 0 Å². The molecule has 1 N–H and O–H groups in total. The van der Waals surface area contributed by atoms with E-state index in [-0.39, 0.29) is 5.91 Å². The standard InChI is InChI=1S/C19H22ClNO3/c1-3-10-21-19(22)14-8-9-18(23-4-2)15(11-14)13-24-17-7-5-6-16(20)12-17/h5-9,11-12H,3-4,10,13H2,1-2H3,(H,21,22). The molecule has 0 atom stereocenters. The summed E-state index contributed by atoms with van der Waals surface area (Å²) in [6.45, 7) is 5.43. The average molecular weight is 348 g/mol. The predicted octanol–water partition coefficient (Wildman–Crippen LogP) is 4.46. The molecule has 0 unspecified atom stereocenters. The van der Waals surface area contributed by atoms with E-state index in [9.17, 15) is 4.79 Å². The highest BCUT2D eigenvalue weighted by molar-refractivity contribution is 6.30. The van der Waals surface area contributed by atoms with Crippen LogP contribution >= 0.6 is 11.6 Å². The third-order valence-corrected chi connectivity index (χ3v) is 3.58. The van der Waals surface area contributed by atoms with Gasteiger partial charge in [0.25, 0.3) is 5.91 Å². The first-order valence-electron chi connectivity index (χ1n) is 8.06. The van der Waals surface area contributed by atoms with Crippen molar-refractivity contribution < 1.29 is 14.3 Å². The number of ether oxygens (including phenoxy) is 2. The van der Waals surface area contributed by atoms with E-state index in [0.717, 1.165) is 12.0 Å². The zero-order chi connectivity index (χ0) is 17.4. The summed E-state index contributed by atoms with van der Waals surface area (Å²) < 4.78 is 11.4. The van der Waals surface area contributed by atoms with E-state index in [2.05, 4.69) is 5.32 Å². The Morgan fingerprint density at radius 2 is 1.96 bits per heavy atom. The number of halogens is 1. The van der Waals surface area contributed by atoms with E-state index >= 15 is 0 Å². The van der Waals surface area contributed by atoms with Crippen LogP contribution < -0.4 is 14.8 Å². The van der Waals surface area contributed by atoms with Crippen LogP contribution in [0.3, 0.4) is 0 Å². The second kappa shape index (κ2) is 9.18. The molecule has 1 amide bonds. The summed E-state index contributed by atoms with van der Waals surface area (Å²) in [6, 6.07) is 12.6. The van der Waals surface area contributed by atoms with Gasteiger partial charge in [-0.3, -0.25) is 4.79 Å². The largest absolute Gasteiger partial charge is 0.493 e. The normalized spacial score (nSPS) is 10.3. The Hall–Kier alpha value is -2.20. The molecule has 5 heteroatoms. The number of hydrogen-bond donors (Lipinski definition) is 1. The molecule has 0 radical (unpaired) electrons. The lowest BCUT2D eigenvalue weighted by Gasteiger charge is -2.13. The van der Waals surface area contributed by atoms with Gasteiger partial charge in [-0.25, -0.2) is 0 Å². The highest BCUT2D eigenvalue weighted by atomic mass is 35.5. The Bertz CT molecular complexity index is 688. The number of carbonyl (C=O) groups is 1. The van der Waals surface area contributed by atoms with Crippen molar-refractivity contribution in [3.05, 3.63) is 58.6 Å². The molecule has 0 saturated heterocycles. The average Bonchev–Trinajstić information content (AvgIpc) is 2.59. The summed E-state index contributed by atoms with van der Waals surface area (Å²) in [6.07, 6.45) is 0.896. The molecule has 0 aromatic heterocycles. The monoisotopic (exact) mass is 347 g/mol. The van der Waals surface area contributed by atoms with Crippen molar-refractivity contribution in [3.8, 4) is 11.5 Å². The van der Waals surface area contributed by atoms with E-state index < -0.39 is 0 Å². The van der Waals surface area contributed by atoms with Crippen LogP contribution in [0.1, 0.15) is 36.2 Å². The molecular weight excluding hydrogens is 326 g/mol. The number of rotatable bonds is 8. The molecule has 0 aliphatic carbocycles. The first kappa shape index (κ1) is 18.1. The number of hydrogen-bond acceptors (Lipinski definition) is 3. The van der Waals surface area contributed by atoms with Crippen LogP contribution in [0.2, 0.25) is 5.02 Å². The molecule has 0 heterocycles. The lowest BCUT2D eigenvalue weighted by atomic mass is 10.1. The fraction of sp³-hybridized carbons (Fsp3) is 0.316. The molecule has 24 heavy (non-hydrogen) atoms. The summed E-state index contributed by atoms with van der Waals surface area (Å²) in [7, 11) is 0. The van der Waals surface area contributed by atoms with Gasteiger partial charge in [0.1, 0.15) is 18.1 Å². The zero-order valence-electron chi connectivity index (χ0n) is 14.0. The number of nitrogens with one attached hydrogen (secondary N) is 1. The van der Waals surface area contributed by atoms with Crippen LogP contribution in [0.5, 0.6) is 11.5 Å². The van der Waals surface area contributed by atoms with E-state index in [1.807, 2.05) is 26.0 Å². The van der Waals surface area contributed by atoms with Crippen molar-refractivity contribution in [2.45, 2.75) is 26.9 Å². The second-order valence-electron chi connectivity index (χ2n) is 5.26. The van der Waals surface area contributed by atoms with E-state index in [4.69, 9.17) is 21.1 Å². The maximum Gasteiger partial charge on any atom is 0.251 e. The minimum atomic E-state index is -0.0936. The van der Waals surface area contributed by atoms with Crippen LogP contribution in [0.4, 0.5) is 0 Å². The Kier molecular flexibility index (Phi) is 6.94. The summed E-state index contributed by atoms with van der Waals surface area (Å²) in [5, 5.41) is 3.49. The van der Waals surface area contributed by atoms with Gasteiger partial charge in [-0.15, -0.1) is 0 Å². The Labute approximate surface area is 147 Å². The van der Waals surface area contributed by atoms with E-state index in [0.29, 0.717) is 41.8 Å². The SMILES string of the molecule is CCCNC(=O)c1ccc(OCC)c(COc2cccc(Cl)c2)c1. The molecule has 0 aliphatic rings. The smallest absolute Gasteiger partial charge is 0.251 e. The van der Waals surface area contributed by atoms with E-state index in [1.165, 1.54) is 0 Å². The number of amides is 1. The molecule has 128 valence electrons. The summed E-state index contributed by atoms with van der Waals surface area (Å²) in [5.74, 6) is 1.29. The highest BCUT2D eigenvalue weighted by Crippen LogP contribution is 2.24. The maximum atomic E-state index is 12.1. The van der Waals surface area contributed by atoms with Crippen molar-refractivity contribution in [1.82, 2.24) is 5.32 Å². The third-order valence-electron chi connectivity index (χ3n) is 3.35. The lowest BCUT2D eigenvalue weighted by molar-refractivity contribution is 0.0953. The summed E-state index contributed by atoms with van der Waals surface area (Å²) in [4.78, 5) is 12.1. The van der Waals surface area contributed by atoms with Crippen molar-refractivity contribution in [2.24, 2.45) is 0 Å². The van der Waals surface area contributed by atoms with E-state index in [1.54, 1.807) is 30.3 Å². The Balaban J connectivity index is 2.16.